The molecule has 3 rings (SSSR count). The van der Waals surface area contributed by atoms with E-state index in [1.54, 1.807) is 0 Å². The quantitative estimate of drug-likeness (QED) is 0.566. The van der Waals surface area contributed by atoms with Crippen molar-refractivity contribution in [3.63, 3.8) is 0 Å². The van der Waals surface area contributed by atoms with Gasteiger partial charge in [-0.2, -0.15) is 0 Å². The van der Waals surface area contributed by atoms with Gasteiger partial charge >= 0.3 is 0 Å². The van der Waals surface area contributed by atoms with Gasteiger partial charge in [0.1, 0.15) is 0 Å². The molecule has 0 fully saturated rings. The van der Waals surface area contributed by atoms with Crippen molar-refractivity contribution in [1.82, 2.24) is 0 Å². The molecule has 2 aromatic rings. The molecule has 2 aromatic carbocycles. The van der Waals surface area contributed by atoms with Gasteiger partial charge < -0.3 is 0 Å². The van der Waals surface area contributed by atoms with Crippen LogP contribution in [0.4, 0.5) is 0 Å². The van der Waals surface area contributed by atoms with Gasteiger partial charge in [0.05, 0.1) is 0 Å². The molecule has 0 radical (unpaired) electrons. The van der Waals surface area contributed by atoms with Gasteiger partial charge in [-0.3, -0.25) is 0 Å². The van der Waals surface area contributed by atoms with Crippen LogP contribution < -0.4 is 10.4 Å². The molecule has 0 heterocycles. The van der Waals surface area contributed by atoms with E-state index in [0.717, 1.165) is 12.0 Å². The molecular weight excluding hydrogens is 288 g/mol. The Labute approximate surface area is 147 Å². The van der Waals surface area contributed by atoms with E-state index in [1.807, 2.05) is 13.8 Å². The number of allylic oxidation sites excluding steroid dienone is 5. The smallest absolute Gasteiger partial charge is 0.0129 e. The van der Waals surface area contributed by atoms with Crippen molar-refractivity contribution in [2.45, 2.75) is 41.5 Å². The SMILES string of the molecule is C.C=C1/C=c2/cc3ccccc3c/c2=C/C/C(C)=C\C=C/1C.CC. The average molecular weight is 319 g/mol. The molecule has 24 heavy (non-hydrogen) atoms. The minimum absolute atomic E-state index is 0. The van der Waals surface area contributed by atoms with Crippen LogP contribution >= 0.6 is 0 Å². The first-order valence-corrected chi connectivity index (χ1v) is 8.37. The van der Waals surface area contributed by atoms with Crippen LogP contribution in [0.3, 0.4) is 0 Å². The largest absolute Gasteiger partial charge is 0.0915 e. The minimum Gasteiger partial charge on any atom is -0.0915 e. The number of benzene rings is 2. The summed E-state index contributed by atoms with van der Waals surface area (Å²) in [4.78, 5) is 0. The van der Waals surface area contributed by atoms with E-state index < -0.39 is 0 Å². The molecular formula is C24H30. The van der Waals surface area contributed by atoms with Crippen molar-refractivity contribution in [2.75, 3.05) is 0 Å². The lowest BCUT2D eigenvalue weighted by Gasteiger charge is -2.05. The first kappa shape index (κ1) is 19.7. The molecule has 0 heteroatoms. The molecule has 126 valence electrons. The lowest BCUT2D eigenvalue weighted by Crippen LogP contribution is -2.24. The Morgan fingerprint density at radius 2 is 1.46 bits per heavy atom. The third-order valence-corrected chi connectivity index (χ3v) is 4.05. The minimum atomic E-state index is 0. The van der Waals surface area contributed by atoms with Gasteiger partial charge in [0, 0.05) is 0 Å². The number of fused-ring (bicyclic) bond motifs is 2. The first-order chi connectivity index (χ1) is 11.1. The Morgan fingerprint density at radius 1 is 0.875 bits per heavy atom. The summed E-state index contributed by atoms with van der Waals surface area (Å²) in [5, 5.41) is 5.11. The predicted molar refractivity (Wildman–Crippen MR) is 111 cm³/mol. The lowest BCUT2D eigenvalue weighted by atomic mass is 10.0. The number of rotatable bonds is 0. The van der Waals surface area contributed by atoms with Crippen LogP contribution in [0.15, 0.2) is 71.8 Å². The molecule has 1 aliphatic rings. The maximum atomic E-state index is 4.21. The molecule has 1 aliphatic carbocycles. The fraction of sp³-hybridized carbons (Fsp3) is 0.250. The highest BCUT2D eigenvalue weighted by Gasteiger charge is 1.98. The van der Waals surface area contributed by atoms with Crippen LogP contribution in [0, 0.1) is 0 Å². The predicted octanol–water partition coefficient (Wildman–Crippen LogP) is 5.92. The normalized spacial score (nSPS) is 20.9. The van der Waals surface area contributed by atoms with Gasteiger partial charge in [0.25, 0.3) is 0 Å². The van der Waals surface area contributed by atoms with Gasteiger partial charge in [-0.25, -0.2) is 0 Å². The summed E-state index contributed by atoms with van der Waals surface area (Å²) >= 11 is 0. The lowest BCUT2D eigenvalue weighted by molar-refractivity contribution is 1.25. The Bertz CT molecular complexity index is 889. The fourth-order valence-electron chi connectivity index (χ4n) is 2.59. The average Bonchev–Trinajstić information content (AvgIpc) is 2.58. The molecule has 0 atom stereocenters. The zero-order valence-electron chi connectivity index (χ0n) is 14.7. The van der Waals surface area contributed by atoms with Gasteiger partial charge in [-0.15, -0.1) is 0 Å². The molecule has 0 saturated heterocycles. The Kier molecular flexibility index (Phi) is 7.45. The zero-order chi connectivity index (χ0) is 16.8. The van der Waals surface area contributed by atoms with Crippen molar-refractivity contribution >= 4 is 22.9 Å². The number of hydrogen-bond donors (Lipinski definition) is 0. The van der Waals surface area contributed by atoms with E-state index >= 15 is 0 Å². The summed E-state index contributed by atoms with van der Waals surface area (Å²) in [5.41, 5.74) is 3.66. The molecule has 0 unspecified atom stereocenters. The van der Waals surface area contributed by atoms with Crippen molar-refractivity contribution < 1.29 is 0 Å². The highest BCUT2D eigenvalue weighted by atomic mass is 14.0. The van der Waals surface area contributed by atoms with Crippen LogP contribution in [-0.2, 0) is 0 Å². The Hall–Kier alpha value is -2.34. The van der Waals surface area contributed by atoms with Crippen molar-refractivity contribution in [3.05, 3.63) is 82.3 Å². The summed E-state index contributed by atoms with van der Waals surface area (Å²) in [6, 6.07) is 13.1. The highest BCUT2D eigenvalue weighted by Crippen LogP contribution is 2.13. The Balaban J connectivity index is 0.000000925. The van der Waals surface area contributed by atoms with Crippen LogP contribution in [-0.4, -0.2) is 0 Å². The monoisotopic (exact) mass is 318 g/mol. The Morgan fingerprint density at radius 3 is 2.08 bits per heavy atom. The van der Waals surface area contributed by atoms with E-state index in [4.69, 9.17) is 0 Å². The van der Waals surface area contributed by atoms with E-state index in [2.05, 4.69) is 81.1 Å². The van der Waals surface area contributed by atoms with Gasteiger partial charge in [-0.1, -0.05) is 75.9 Å². The second kappa shape index (κ2) is 9.08. The van der Waals surface area contributed by atoms with Crippen LogP contribution in [0.25, 0.3) is 22.9 Å². The summed E-state index contributed by atoms with van der Waals surface area (Å²) in [6.07, 6.45) is 9.84. The van der Waals surface area contributed by atoms with Crippen molar-refractivity contribution in [2.24, 2.45) is 0 Å². The van der Waals surface area contributed by atoms with Crippen LogP contribution in [0.2, 0.25) is 0 Å². The van der Waals surface area contributed by atoms with Crippen molar-refractivity contribution in [3.8, 4) is 0 Å². The van der Waals surface area contributed by atoms with E-state index in [1.165, 1.54) is 32.4 Å². The molecule has 0 aromatic heterocycles. The number of hydrogen-bond acceptors (Lipinski definition) is 0. The van der Waals surface area contributed by atoms with E-state index in [9.17, 15) is 0 Å². The zero-order valence-corrected chi connectivity index (χ0v) is 14.7. The summed E-state index contributed by atoms with van der Waals surface area (Å²) in [5.74, 6) is 0. The second-order valence-corrected chi connectivity index (χ2v) is 5.77. The molecule has 0 bridgehead atoms. The van der Waals surface area contributed by atoms with Gasteiger partial charge in [-0.05, 0) is 70.8 Å². The van der Waals surface area contributed by atoms with E-state index in [-0.39, 0.29) is 7.43 Å². The third kappa shape index (κ3) is 4.58. The fourth-order valence-corrected chi connectivity index (χ4v) is 2.59. The van der Waals surface area contributed by atoms with Crippen molar-refractivity contribution in [1.29, 1.82) is 0 Å². The third-order valence-electron chi connectivity index (χ3n) is 4.05. The topological polar surface area (TPSA) is 0 Å². The first-order valence-electron chi connectivity index (χ1n) is 8.37. The molecule has 0 amide bonds. The molecule has 0 N–H and O–H groups in total. The highest BCUT2D eigenvalue weighted by molar-refractivity contribution is 5.83. The summed E-state index contributed by atoms with van der Waals surface area (Å²) in [7, 11) is 0. The maximum Gasteiger partial charge on any atom is -0.0129 e. The van der Waals surface area contributed by atoms with Crippen LogP contribution in [0.5, 0.6) is 0 Å². The summed E-state index contributed by atoms with van der Waals surface area (Å²) < 4.78 is 0. The van der Waals surface area contributed by atoms with Crippen LogP contribution in [0.1, 0.15) is 41.5 Å². The molecule has 0 saturated carbocycles. The standard InChI is InChI=1S/C21H20.C2H6.CH4/c1-15-8-10-16(2)17(3)12-21-14-19-7-5-4-6-18(19)13-20(21)11-9-15;1-2;/h4-8,10-14H,3,9H2,1-2H3;1-2H3;1H4/b15-8-,16-10-,20-11-,21-12-;;. The van der Waals surface area contributed by atoms with Gasteiger partial charge in [0.15, 0.2) is 0 Å². The summed E-state index contributed by atoms with van der Waals surface area (Å²) in [6.45, 7) is 12.5. The molecule has 0 aliphatic heterocycles. The maximum absolute atomic E-state index is 4.21. The van der Waals surface area contributed by atoms with Gasteiger partial charge in [0.2, 0.25) is 0 Å². The molecule has 0 spiro atoms. The van der Waals surface area contributed by atoms with E-state index in [0.29, 0.717) is 0 Å². The molecule has 0 nitrogen and oxygen atoms in total. The second-order valence-electron chi connectivity index (χ2n) is 5.77.